The Bertz CT molecular complexity index is 860. The molecule has 1 aliphatic rings. The minimum absolute atomic E-state index is 0.131. The molecule has 1 heterocycles. The molecule has 1 amide bonds. The summed E-state index contributed by atoms with van der Waals surface area (Å²) in [5, 5.41) is 2.68. The van der Waals surface area contributed by atoms with Crippen molar-refractivity contribution in [1.29, 1.82) is 0 Å². The van der Waals surface area contributed by atoms with Crippen molar-refractivity contribution in [2.45, 2.75) is 13.0 Å². The maximum Gasteiger partial charge on any atom is 0.255 e. The molecule has 128 valence electrons. The molecule has 2 aromatic carbocycles. The largest absolute Gasteiger partial charge is 0.370 e. The van der Waals surface area contributed by atoms with E-state index in [1.54, 1.807) is 0 Å². The molecule has 0 saturated carbocycles. The van der Waals surface area contributed by atoms with E-state index in [1.165, 1.54) is 0 Å². The molecule has 0 fully saturated rings. The minimum Gasteiger partial charge on any atom is -0.370 e. The molecule has 0 saturated heterocycles. The first-order valence-corrected chi connectivity index (χ1v) is 8.98. The molecule has 0 aliphatic carbocycles. The van der Waals surface area contributed by atoms with Crippen LogP contribution in [0.15, 0.2) is 65.3 Å². The summed E-state index contributed by atoms with van der Waals surface area (Å²) in [6.45, 7) is 0.435. The van der Waals surface area contributed by atoms with Crippen LogP contribution in [0.1, 0.15) is 11.1 Å². The van der Waals surface area contributed by atoms with Crippen molar-refractivity contribution < 1.29 is 4.79 Å². The lowest BCUT2D eigenvalue weighted by Crippen LogP contribution is -2.39. The van der Waals surface area contributed by atoms with Crippen LogP contribution in [0, 0.1) is 3.57 Å². The Balaban J connectivity index is 1.65. The van der Waals surface area contributed by atoms with Crippen molar-refractivity contribution in [2.75, 3.05) is 11.9 Å². The van der Waals surface area contributed by atoms with Crippen LogP contribution in [0.2, 0.25) is 0 Å². The van der Waals surface area contributed by atoms with Crippen LogP contribution in [0.5, 0.6) is 0 Å². The lowest BCUT2D eigenvalue weighted by Gasteiger charge is -2.25. The summed E-state index contributed by atoms with van der Waals surface area (Å²) in [7, 11) is 1.93. The monoisotopic (exact) mass is 445 g/mol. The molecule has 2 aromatic rings. The number of rotatable bonds is 3. The summed E-state index contributed by atoms with van der Waals surface area (Å²) < 4.78 is 1.14. The van der Waals surface area contributed by atoms with Gasteiger partial charge in [-0.2, -0.15) is 0 Å². The Labute approximate surface area is 160 Å². The van der Waals surface area contributed by atoms with Crippen LogP contribution in [0.25, 0.3) is 0 Å². The van der Waals surface area contributed by atoms with Crippen molar-refractivity contribution in [1.82, 2.24) is 5.32 Å². The standard InChI is InChI=1S/C19H19IN4O/c1-24-12-15(10-14-6-2-3-8-17(14)24)18(25)23-19(21)22-11-13-5-4-7-16(20)9-13/h2-9,12H,10-11H2,1H3,(H3,21,22,23,25)/i1-1. The van der Waals surface area contributed by atoms with E-state index in [0.717, 1.165) is 20.4 Å². The summed E-state index contributed by atoms with van der Waals surface area (Å²) in [5.41, 5.74) is 9.81. The third kappa shape index (κ3) is 4.39. The third-order valence-corrected chi connectivity index (χ3v) is 4.63. The van der Waals surface area contributed by atoms with Gasteiger partial charge >= 0.3 is 0 Å². The molecule has 3 N–H and O–H groups in total. The number of guanidine groups is 1. The summed E-state index contributed by atoms with van der Waals surface area (Å²) in [5.74, 6) is -0.0866. The highest BCUT2D eigenvalue weighted by Crippen LogP contribution is 2.27. The molecule has 5 nitrogen and oxygen atoms in total. The lowest BCUT2D eigenvalue weighted by molar-refractivity contribution is -0.116. The van der Waals surface area contributed by atoms with Crippen molar-refractivity contribution in [3.05, 3.63) is 75.0 Å². The highest BCUT2D eigenvalue weighted by molar-refractivity contribution is 14.1. The molecule has 0 unspecified atom stereocenters. The molecule has 25 heavy (non-hydrogen) atoms. The van der Waals surface area contributed by atoms with Crippen LogP contribution in [-0.4, -0.2) is 18.9 Å². The smallest absolute Gasteiger partial charge is 0.255 e. The quantitative estimate of drug-likeness (QED) is 0.434. The molecule has 1 aliphatic heterocycles. The van der Waals surface area contributed by atoms with E-state index in [1.807, 2.05) is 66.7 Å². The molecule has 0 spiro atoms. The lowest BCUT2D eigenvalue weighted by atomic mass is 9.98. The van der Waals surface area contributed by atoms with Crippen molar-refractivity contribution >= 4 is 40.1 Å². The number of hydrogen-bond donors (Lipinski definition) is 2. The number of anilines is 1. The minimum atomic E-state index is -0.217. The Morgan fingerprint density at radius 2 is 2.08 bits per heavy atom. The number of hydrogen-bond acceptors (Lipinski definition) is 3. The van der Waals surface area contributed by atoms with Gasteiger partial charge in [-0.3, -0.25) is 10.1 Å². The maximum absolute atomic E-state index is 12.5. The average molecular weight is 445 g/mol. The number of halogens is 1. The van der Waals surface area contributed by atoms with Gasteiger partial charge in [-0.25, -0.2) is 4.99 Å². The van der Waals surface area contributed by atoms with Gasteiger partial charge in [0.05, 0.1) is 6.54 Å². The molecule has 0 atom stereocenters. The summed E-state index contributed by atoms with van der Waals surface area (Å²) in [6, 6.07) is 16.0. The zero-order valence-electron chi connectivity index (χ0n) is 13.9. The Morgan fingerprint density at radius 3 is 2.88 bits per heavy atom. The van der Waals surface area contributed by atoms with Crippen molar-refractivity contribution in [3.8, 4) is 0 Å². The van der Waals surface area contributed by atoms with E-state index >= 15 is 0 Å². The average Bonchev–Trinajstić information content (AvgIpc) is 2.60. The first-order chi connectivity index (χ1) is 12.0. The van der Waals surface area contributed by atoms with Gasteiger partial charge in [-0.15, -0.1) is 0 Å². The van der Waals surface area contributed by atoms with Crippen LogP contribution < -0.4 is 16.0 Å². The second-order valence-electron chi connectivity index (χ2n) is 5.86. The van der Waals surface area contributed by atoms with Gasteiger partial charge in [0.25, 0.3) is 5.91 Å². The number of benzene rings is 2. The topological polar surface area (TPSA) is 70.7 Å². The van der Waals surface area contributed by atoms with Gasteiger partial charge in [0.1, 0.15) is 0 Å². The van der Waals surface area contributed by atoms with Gasteiger partial charge in [0, 0.05) is 34.5 Å². The van der Waals surface area contributed by atoms with E-state index in [-0.39, 0.29) is 11.9 Å². The van der Waals surface area contributed by atoms with Gasteiger partial charge < -0.3 is 10.6 Å². The van der Waals surface area contributed by atoms with E-state index < -0.39 is 0 Å². The molecule has 6 heteroatoms. The van der Waals surface area contributed by atoms with Crippen molar-refractivity contribution in [2.24, 2.45) is 10.7 Å². The zero-order valence-corrected chi connectivity index (χ0v) is 16.0. The van der Waals surface area contributed by atoms with Crippen LogP contribution >= 0.6 is 22.6 Å². The fourth-order valence-corrected chi connectivity index (χ4v) is 3.35. The Kier molecular flexibility index (Phi) is 5.37. The summed E-state index contributed by atoms with van der Waals surface area (Å²) in [6.07, 6.45) is 2.42. The number of amides is 1. The second kappa shape index (κ2) is 7.69. The predicted molar refractivity (Wildman–Crippen MR) is 109 cm³/mol. The van der Waals surface area contributed by atoms with E-state index in [9.17, 15) is 4.79 Å². The number of nitrogens with zero attached hydrogens (tertiary/aromatic N) is 2. The Morgan fingerprint density at radius 1 is 1.28 bits per heavy atom. The van der Waals surface area contributed by atoms with Gasteiger partial charge in [0.15, 0.2) is 5.96 Å². The number of aliphatic imine (C=N–C) groups is 1. The van der Waals surface area contributed by atoms with E-state index in [2.05, 4.69) is 32.9 Å². The second-order valence-corrected chi connectivity index (χ2v) is 7.10. The first kappa shape index (κ1) is 17.5. The fourth-order valence-electron chi connectivity index (χ4n) is 2.75. The number of carbonyl (C=O) groups excluding carboxylic acids is 1. The zero-order chi connectivity index (χ0) is 17.8. The number of nitrogens with one attached hydrogen (secondary N) is 1. The normalized spacial score (nSPS) is 13.9. The Hall–Kier alpha value is -2.35. The van der Waals surface area contributed by atoms with E-state index in [4.69, 9.17) is 5.73 Å². The van der Waals surface area contributed by atoms with Gasteiger partial charge in [-0.05, 0) is 51.9 Å². The highest BCUT2D eigenvalue weighted by atomic mass is 127. The number of fused-ring (bicyclic) bond motifs is 1. The third-order valence-electron chi connectivity index (χ3n) is 3.96. The summed E-state index contributed by atoms with van der Waals surface area (Å²) >= 11 is 2.25. The molecule has 0 bridgehead atoms. The highest BCUT2D eigenvalue weighted by Gasteiger charge is 2.19. The van der Waals surface area contributed by atoms with Crippen LogP contribution in [-0.2, 0) is 17.8 Å². The SMILES string of the molecule is [11CH3]N1C=C(C(=O)NC(N)=NCc2cccc(I)c2)Cc2ccccc21. The van der Waals surface area contributed by atoms with Gasteiger partial charge in [0.2, 0.25) is 0 Å². The molecule has 3 rings (SSSR count). The van der Waals surface area contributed by atoms with Crippen LogP contribution in [0.3, 0.4) is 0 Å². The molecule has 0 aromatic heterocycles. The molecular formula is C19H19IN4O. The number of carbonyl (C=O) groups is 1. The van der Waals surface area contributed by atoms with Gasteiger partial charge in [-0.1, -0.05) is 30.3 Å². The van der Waals surface area contributed by atoms with E-state index in [0.29, 0.717) is 18.5 Å². The number of para-hydroxylation sites is 1. The summed E-state index contributed by atoms with van der Waals surface area (Å²) in [4.78, 5) is 18.7. The number of nitrogens with two attached hydrogens (primary N) is 1. The maximum atomic E-state index is 12.5. The molecule has 0 radical (unpaired) electrons. The van der Waals surface area contributed by atoms with Crippen molar-refractivity contribution in [3.63, 3.8) is 0 Å². The first-order valence-electron chi connectivity index (χ1n) is 7.90. The van der Waals surface area contributed by atoms with Crippen LogP contribution in [0.4, 0.5) is 5.69 Å². The fraction of sp³-hybridized carbons (Fsp3) is 0.158. The predicted octanol–water partition coefficient (Wildman–Crippen LogP) is 2.80. The molecular weight excluding hydrogens is 426 g/mol.